The lowest BCUT2D eigenvalue weighted by atomic mass is 10.1. The van der Waals surface area contributed by atoms with Gasteiger partial charge in [-0.25, -0.2) is 4.79 Å². The molecule has 0 heterocycles. The summed E-state index contributed by atoms with van der Waals surface area (Å²) in [7, 11) is 3.04. The van der Waals surface area contributed by atoms with E-state index in [1.165, 1.54) is 12.0 Å². The van der Waals surface area contributed by atoms with E-state index in [1.54, 1.807) is 31.3 Å². The van der Waals surface area contributed by atoms with Gasteiger partial charge in [0.15, 0.2) is 0 Å². The summed E-state index contributed by atoms with van der Waals surface area (Å²) in [5, 5.41) is 10.1. The number of carbonyl (C=O) groups is 2. The van der Waals surface area contributed by atoms with Crippen molar-refractivity contribution in [3.8, 4) is 0 Å². The summed E-state index contributed by atoms with van der Waals surface area (Å²) in [6, 6.07) is 13.9. The number of esters is 1. The molecule has 7 heteroatoms. The van der Waals surface area contributed by atoms with Gasteiger partial charge in [-0.3, -0.25) is 15.1 Å². The summed E-state index contributed by atoms with van der Waals surface area (Å²) < 4.78 is 4.62. The molecule has 2 aromatic rings. The number of amidine groups is 1. The summed E-state index contributed by atoms with van der Waals surface area (Å²) in [6.07, 6.45) is 0.911. The summed E-state index contributed by atoms with van der Waals surface area (Å²) in [5.74, 6) is -0.270. The van der Waals surface area contributed by atoms with E-state index in [4.69, 9.17) is 11.1 Å². The topological polar surface area (TPSA) is 109 Å². The van der Waals surface area contributed by atoms with Crippen molar-refractivity contribution < 1.29 is 14.3 Å². The number of anilines is 2. The third-order valence-electron chi connectivity index (χ3n) is 3.92. The molecule has 0 saturated heterocycles. The number of benzene rings is 2. The quantitative estimate of drug-likeness (QED) is 0.421. The largest absolute Gasteiger partial charge is 0.469 e. The predicted octanol–water partition coefficient (Wildman–Crippen LogP) is 2.74. The Kier molecular flexibility index (Phi) is 6.32. The standard InChI is InChI=1S/C19H22N4O3/c1-23(16-10-3-13(4-11-16)5-12-17(24)26-2)19(25)22-15-8-6-14(7-9-15)18(20)21/h3-4,6-11H,5,12H2,1-2H3,(H3,20,21)(H,22,25). The number of nitrogens with two attached hydrogens (primary N) is 1. The molecule has 0 aliphatic heterocycles. The second-order valence-corrected chi connectivity index (χ2v) is 5.72. The van der Waals surface area contributed by atoms with Crippen LogP contribution < -0.4 is 16.0 Å². The molecule has 4 N–H and O–H groups in total. The zero-order chi connectivity index (χ0) is 19.1. The van der Waals surface area contributed by atoms with Gasteiger partial charge in [-0.15, -0.1) is 0 Å². The number of hydrogen-bond donors (Lipinski definition) is 3. The summed E-state index contributed by atoms with van der Waals surface area (Å²) in [5.41, 5.74) is 8.34. The highest BCUT2D eigenvalue weighted by atomic mass is 16.5. The number of carbonyl (C=O) groups excluding carboxylic acids is 2. The Morgan fingerprint density at radius 3 is 2.27 bits per heavy atom. The molecule has 2 amide bonds. The summed E-state index contributed by atoms with van der Waals surface area (Å²) in [4.78, 5) is 25.0. The van der Waals surface area contributed by atoms with Crippen LogP contribution in [0.1, 0.15) is 17.5 Å². The van der Waals surface area contributed by atoms with E-state index < -0.39 is 0 Å². The average molecular weight is 354 g/mol. The van der Waals surface area contributed by atoms with Crippen LogP contribution >= 0.6 is 0 Å². The molecule has 0 aliphatic rings. The highest BCUT2D eigenvalue weighted by Gasteiger charge is 2.11. The zero-order valence-corrected chi connectivity index (χ0v) is 14.8. The van der Waals surface area contributed by atoms with Gasteiger partial charge < -0.3 is 15.8 Å². The Labute approximate surface area is 152 Å². The van der Waals surface area contributed by atoms with Gasteiger partial charge in [-0.05, 0) is 48.4 Å². The van der Waals surface area contributed by atoms with E-state index in [-0.39, 0.29) is 17.8 Å². The number of urea groups is 1. The van der Waals surface area contributed by atoms with Crippen molar-refractivity contribution in [2.45, 2.75) is 12.8 Å². The van der Waals surface area contributed by atoms with E-state index >= 15 is 0 Å². The molecule has 136 valence electrons. The Morgan fingerprint density at radius 1 is 1.12 bits per heavy atom. The van der Waals surface area contributed by atoms with E-state index in [1.807, 2.05) is 24.3 Å². The van der Waals surface area contributed by atoms with Crippen LogP contribution in [0.3, 0.4) is 0 Å². The molecule has 0 spiro atoms. The molecule has 26 heavy (non-hydrogen) atoms. The molecule has 0 aromatic heterocycles. The first kappa shape index (κ1) is 19.0. The monoisotopic (exact) mass is 354 g/mol. The van der Waals surface area contributed by atoms with Gasteiger partial charge in [0.25, 0.3) is 0 Å². The lowest BCUT2D eigenvalue weighted by Crippen LogP contribution is -2.31. The molecule has 0 bridgehead atoms. The normalized spacial score (nSPS) is 10.1. The SMILES string of the molecule is COC(=O)CCc1ccc(N(C)C(=O)Nc2ccc(C(=N)N)cc2)cc1. The molecule has 0 radical (unpaired) electrons. The Morgan fingerprint density at radius 2 is 1.73 bits per heavy atom. The molecule has 2 aromatic carbocycles. The van der Waals surface area contributed by atoms with Gasteiger partial charge in [-0.2, -0.15) is 0 Å². The third kappa shape index (κ3) is 5.07. The van der Waals surface area contributed by atoms with Gasteiger partial charge >= 0.3 is 12.0 Å². The molecule has 0 aliphatic carbocycles. The number of amides is 2. The van der Waals surface area contributed by atoms with Crippen molar-refractivity contribution in [2.75, 3.05) is 24.4 Å². The molecule has 0 unspecified atom stereocenters. The second kappa shape index (κ2) is 8.66. The van der Waals surface area contributed by atoms with Crippen molar-refractivity contribution in [2.24, 2.45) is 5.73 Å². The second-order valence-electron chi connectivity index (χ2n) is 5.72. The highest BCUT2D eigenvalue weighted by molar-refractivity contribution is 6.02. The number of nitrogen functional groups attached to an aromatic ring is 1. The first-order valence-electron chi connectivity index (χ1n) is 8.05. The predicted molar refractivity (Wildman–Crippen MR) is 102 cm³/mol. The molecular weight excluding hydrogens is 332 g/mol. The lowest BCUT2D eigenvalue weighted by Gasteiger charge is -2.18. The van der Waals surface area contributed by atoms with Gasteiger partial charge in [0.05, 0.1) is 7.11 Å². The first-order chi connectivity index (χ1) is 12.4. The lowest BCUT2D eigenvalue weighted by molar-refractivity contribution is -0.140. The molecule has 0 saturated carbocycles. The summed E-state index contributed by atoms with van der Waals surface area (Å²) >= 11 is 0. The van der Waals surface area contributed by atoms with Crippen molar-refractivity contribution in [1.82, 2.24) is 0 Å². The maximum Gasteiger partial charge on any atom is 0.326 e. The van der Waals surface area contributed by atoms with E-state index in [0.29, 0.717) is 24.1 Å². The van der Waals surface area contributed by atoms with Crippen molar-refractivity contribution in [3.05, 3.63) is 59.7 Å². The molecule has 7 nitrogen and oxygen atoms in total. The first-order valence-corrected chi connectivity index (χ1v) is 8.05. The van der Waals surface area contributed by atoms with Gasteiger partial charge in [0, 0.05) is 30.4 Å². The van der Waals surface area contributed by atoms with Crippen LogP contribution in [0.2, 0.25) is 0 Å². The highest BCUT2D eigenvalue weighted by Crippen LogP contribution is 2.17. The molecule has 0 fully saturated rings. The van der Waals surface area contributed by atoms with Crippen LogP contribution in [0.25, 0.3) is 0 Å². The van der Waals surface area contributed by atoms with Crippen LogP contribution in [0.4, 0.5) is 16.2 Å². The Bertz CT molecular complexity index is 785. The van der Waals surface area contributed by atoms with Crippen molar-refractivity contribution in [1.29, 1.82) is 5.41 Å². The van der Waals surface area contributed by atoms with Crippen LogP contribution in [-0.2, 0) is 16.0 Å². The number of aryl methyl sites for hydroxylation is 1. The molecule has 0 atom stereocenters. The third-order valence-corrected chi connectivity index (χ3v) is 3.92. The van der Waals surface area contributed by atoms with E-state index in [9.17, 15) is 9.59 Å². The number of nitrogens with zero attached hydrogens (tertiary/aromatic N) is 1. The fourth-order valence-electron chi connectivity index (χ4n) is 2.29. The number of hydrogen-bond acceptors (Lipinski definition) is 4. The van der Waals surface area contributed by atoms with Crippen LogP contribution in [0, 0.1) is 5.41 Å². The van der Waals surface area contributed by atoms with Crippen molar-refractivity contribution >= 4 is 29.2 Å². The fraction of sp³-hybridized carbons (Fsp3) is 0.211. The van der Waals surface area contributed by atoms with Gasteiger partial charge in [0.2, 0.25) is 0 Å². The van der Waals surface area contributed by atoms with Gasteiger partial charge in [-0.1, -0.05) is 12.1 Å². The molecule has 2 rings (SSSR count). The van der Waals surface area contributed by atoms with Crippen LogP contribution in [0.15, 0.2) is 48.5 Å². The van der Waals surface area contributed by atoms with Crippen LogP contribution in [-0.4, -0.2) is 32.0 Å². The van der Waals surface area contributed by atoms with Gasteiger partial charge in [0.1, 0.15) is 5.84 Å². The maximum absolute atomic E-state index is 12.4. The molecular formula is C19H22N4O3. The Balaban J connectivity index is 1.96. The average Bonchev–Trinajstić information content (AvgIpc) is 2.66. The zero-order valence-electron chi connectivity index (χ0n) is 14.8. The minimum Gasteiger partial charge on any atom is -0.469 e. The Hall–Kier alpha value is -3.35. The maximum atomic E-state index is 12.4. The van der Waals surface area contributed by atoms with Crippen molar-refractivity contribution in [3.63, 3.8) is 0 Å². The number of ether oxygens (including phenoxy) is 1. The van der Waals surface area contributed by atoms with E-state index in [0.717, 1.165) is 11.3 Å². The minimum atomic E-state index is -0.289. The number of rotatable bonds is 6. The van der Waals surface area contributed by atoms with E-state index in [2.05, 4.69) is 10.1 Å². The fourth-order valence-corrected chi connectivity index (χ4v) is 2.29. The smallest absolute Gasteiger partial charge is 0.326 e. The number of methoxy groups -OCH3 is 1. The summed E-state index contributed by atoms with van der Waals surface area (Å²) in [6.45, 7) is 0. The number of nitrogens with one attached hydrogen (secondary N) is 2. The minimum absolute atomic E-state index is 0.0210. The van der Waals surface area contributed by atoms with Crippen LogP contribution in [0.5, 0.6) is 0 Å².